The van der Waals surface area contributed by atoms with Crippen LogP contribution < -0.4 is 4.74 Å². The summed E-state index contributed by atoms with van der Waals surface area (Å²) in [5.74, 6) is 0.883. The number of hydrogen-bond acceptors (Lipinski definition) is 5. The largest absolute Gasteiger partial charge is 0.496 e. The molecule has 150 valence electrons. The molecular formula is C22H24N4O3. The number of carbonyl (C=O) groups excluding carboxylic acids is 1. The first kappa shape index (κ1) is 18.1. The Morgan fingerprint density at radius 2 is 2.03 bits per heavy atom. The molecule has 0 bridgehead atoms. The number of nitrogens with zero attached hydrogens (tertiary/aromatic N) is 4. The number of rotatable bonds is 2. The summed E-state index contributed by atoms with van der Waals surface area (Å²) >= 11 is 0. The molecule has 29 heavy (non-hydrogen) atoms. The molecule has 0 N–H and O–H groups in total. The number of hydrogen-bond donors (Lipinski definition) is 0. The van der Waals surface area contributed by atoms with Crippen molar-refractivity contribution in [1.82, 2.24) is 19.4 Å². The molecule has 0 radical (unpaired) electrons. The van der Waals surface area contributed by atoms with Crippen LogP contribution in [0.25, 0.3) is 11.2 Å². The van der Waals surface area contributed by atoms with Crippen molar-refractivity contribution in [3.05, 3.63) is 53.5 Å². The monoisotopic (exact) mass is 392 g/mol. The number of piperidine rings is 1. The Morgan fingerprint density at radius 1 is 1.21 bits per heavy atom. The fraction of sp³-hybridized carbons (Fsp3) is 0.409. The highest BCUT2D eigenvalue weighted by atomic mass is 16.5. The Morgan fingerprint density at radius 3 is 2.83 bits per heavy atom. The lowest BCUT2D eigenvalue weighted by Gasteiger charge is -2.45. The number of ether oxygens (including phenoxy) is 2. The van der Waals surface area contributed by atoms with Crippen LogP contribution in [0.5, 0.6) is 5.75 Å². The van der Waals surface area contributed by atoms with Crippen molar-refractivity contribution in [2.75, 3.05) is 26.8 Å². The molecule has 2 aromatic heterocycles. The van der Waals surface area contributed by atoms with E-state index < -0.39 is 0 Å². The van der Waals surface area contributed by atoms with Gasteiger partial charge < -0.3 is 18.9 Å². The number of fused-ring (bicyclic) bond motifs is 3. The second-order valence-corrected chi connectivity index (χ2v) is 7.77. The topological polar surface area (TPSA) is 69.5 Å². The maximum absolute atomic E-state index is 13.2. The van der Waals surface area contributed by atoms with Crippen molar-refractivity contribution in [2.24, 2.45) is 7.05 Å². The summed E-state index contributed by atoms with van der Waals surface area (Å²) < 4.78 is 13.8. The Balaban J connectivity index is 1.42. The zero-order valence-corrected chi connectivity index (χ0v) is 16.7. The third kappa shape index (κ3) is 2.80. The highest BCUT2D eigenvalue weighted by Crippen LogP contribution is 2.46. The predicted octanol–water partition coefficient (Wildman–Crippen LogP) is 2.68. The van der Waals surface area contributed by atoms with E-state index in [4.69, 9.17) is 9.47 Å². The van der Waals surface area contributed by atoms with Crippen molar-refractivity contribution in [3.8, 4) is 5.75 Å². The lowest BCUT2D eigenvalue weighted by molar-refractivity contribution is -0.0946. The number of methoxy groups -OCH3 is 1. The van der Waals surface area contributed by atoms with Gasteiger partial charge in [-0.1, -0.05) is 12.1 Å². The predicted molar refractivity (Wildman–Crippen MR) is 108 cm³/mol. The van der Waals surface area contributed by atoms with Gasteiger partial charge in [0.2, 0.25) is 0 Å². The summed E-state index contributed by atoms with van der Waals surface area (Å²) in [5, 5.41) is 0. The van der Waals surface area contributed by atoms with Gasteiger partial charge in [-0.05, 0) is 37.0 Å². The van der Waals surface area contributed by atoms with Crippen LogP contribution >= 0.6 is 0 Å². The summed E-state index contributed by atoms with van der Waals surface area (Å²) in [7, 11) is 3.59. The number of benzene rings is 1. The van der Waals surface area contributed by atoms with Crippen LogP contribution in [0.3, 0.4) is 0 Å². The van der Waals surface area contributed by atoms with Gasteiger partial charge in [-0.2, -0.15) is 0 Å². The molecule has 1 fully saturated rings. The van der Waals surface area contributed by atoms with Crippen LogP contribution in [0.4, 0.5) is 0 Å². The fourth-order valence-corrected chi connectivity index (χ4v) is 4.74. The molecule has 2 aliphatic heterocycles. The van der Waals surface area contributed by atoms with Crippen molar-refractivity contribution < 1.29 is 14.3 Å². The summed E-state index contributed by atoms with van der Waals surface area (Å²) in [4.78, 5) is 23.9. The maximum Gasteiger partial charge on any atom is 0.256 e. The number of likely N-dealkylation sites (tertiary alicyclic amines) is 1. The minimum absolute atomic E-state index is 0.00186. The average molecular weight is 392 g/mol. The lowest BCUT2D eigenvalue weighted by Crippen LogP contribution is -2.48. The van der Waals surface area contributed by atoms with Crippen molar-refractivity contribution in [1.29, 1.82) is 0 Å². The van der Waals surface area contributed by atoms with Gasteiger partial charge in [0.1, 0.15) is 16.9 Å². The molecule has 4 heterocycles. The SMILES string of the molecule is COc1cccc2c1C1(CCN(C(=O)c3ccnc4c3ncn4C)CC1)OCC2. The van der Waals surface area contributed by atoms with E-state index in [0.29, 0.717) is 30.8 Å². The van der Waals surface area contributed by atoms with Gasteiger partial charge in [-0.25, -0.2) is 9.97 Å². The van der Waals surface area contributed by atoms with Crippen LogP contribution in [0, 0.1) is 0 Å². The second-order valence-electron chi connectivity index (χ2n) is 7.77. The molecule has 0 unspecified atom stereocenters. The number of carbonyl (C=O) groups is 1. The average Bonchev–Trinajstić information content (AvgIpc) is 3.15. The highest BCUT2D eigenvalue weighted by Gasteiger charge is 2.43. The number of pyridine rings is 1. The number of imidazole rings is 1. The van der Waals surface area contributed by atoms with E-state index in [-0.39, 0.29) is 11.5 Å². The standard InChI is InChI=1S/C22H24N4O3/c1-25-14-24-19-16(6-10-23-20(19)25)21(27)26-11-8-22(9-12-26)18-15(7-13-29-22)4-3-5-17(18)28-2/h3-6,10,14H,7-9,11-13H2,1-2H3. The Hall–Kier alpha value is -2.93. The van der Waals surface area contributed by atoms with Gasteiger partial charge in [0, 0.05) is 31.9 Å². The molecule has 7 heteroatoms. The smallest absolute Gasteiger partial charge is 0.256 e. The molecule has 0 saturated carbocycles. The Bertz CT molecular complexity index is 1070. The van der Waals surface area contributed by atoms with Crippen LogP contribution in [-0.2, 0) is 23.8 Å². The molecule has 1 aromatic carbocycles. The van der Waals surface area contributed by atoms with E-state index in [1.807, 2.05) is 28.6 Å². The zero-order chi connectivity index (χ0) is 20.0. The number of aryl methyl sites for hydroxylation is 1. The third-order valence-corrected chi connectivity index (χ3v) is 6.23. The highest BCUT2D eigenvalue weighted by molar-refractivity contribution is 6.04. The van der Waals surface area contributed by atoms with E-state index in [1.165, 1.54) is 5.56 Å². The number of amides is 1. The molecule has 7 nitrogen and oxygen atoms in total. The Kier molecular flexibility index (Phi) is 4.28. The first-order chi connectivity index (χ1) is 14.1. The van der Waals surface area contributed by atoms with E-state index >= 15 is 0 Å². The van der Waals surface area contributed by atoms with E-state index in [0.717, 1.165) is 36.2 Å². The maximum atomic E-state index is 13.2. The summed E-state index contributed by atoms with van der Waals surface area (Å²) in [6, 6.07) is 7.96. The summed E-state index contributed by atoms with van der Waals surface area (Å²) in [6.07, 6.45) is 5.77. The van der Waals surface area contributed by atoms with E-state index in [9.17, 15) is 4.79 Å². The van der Waals surface area contributed by atoms with Gasteiger partial charge in [-0.15, -0.1) is 0 Å². The normalized spacial score (nSPS) is 18.1. The molecule has 0 aliphatic carbocycles. The zero-order valence-electron chi connectivity index (χ0n) is 16.7. The minimum Gasteiger partial charge on any atom is -0.496 e. The molecule has 1 saturated heterocycles. The van der Waals surface area contributed by atoms with Crippen LogP contribution in [-0.4, -0.2) is 52.1 Å². The molecule has 2 aliphatic rings. The first-order valence-electron chi connectivity index (χ1n) is 9.98. The van der Waals surface area contributed by atoms with Gasteiger partial charge in [0.05, 0.1) is 25.6 Å². The van der Waals surface area contributed by atoms with Crippen molar-refractivity contribution >= 4 is 17.1 Å². The molecular weight excluding hydrogens is 368 g/mol. The van der Waals surface area contributed by atoms with Gasteiger partial charge >= 0.3 is 0 Å². The van der Waals surface area contributed by atoms with Crippen LogP contribution in [0.2, 0.25) is 0 Å². The third-order valence-electron chi connectivity index (χ3n) is 6.23. The van der Waals surface area contributed by atoms with E-state index in [2.05, 4.69) is 16.0 Å². The molecule has 0 atom stereocenters. The summed E-state index contributed by atoms with van der Waals surface area (Å²) in [6.45, 7) is 1.97. The number of aromatic nitrogens is 3. The van der Waals surface area contributed by atoms with E-state index in [1.54, 1.807) is 25.7 Å². The molecule has 1 spiro atoms. The molecule has 3 aromatic rings. The molecule has 5 rings (SSSR count). The minimum atomic E-state index is -0.379. The van der Waals surface area contributed by atoms with Crippen molar-refractivity contribution in [3.63, 3.8) is 0 Å². The first-order valence-corrected chi connectivity index (χ1v) is 9.98. The molecule has 1 amide bonds. The summed E-state index contributed by atoms with van der Waals surface area (Å²) in [5.41, 5.74) is 4.06. The van der Waals surface area contributed by atoms with Crippen LogP contribution in [0.15, 0.2) is 36.8 Å². The van der Waals surface area contributed by atoms with Crippen LogP contribution in [0.1, 0.15) is 34.3 Å². The van der Waals surface area contributed by atoms with Crippen molar-refractivity contribution in [2.45, 2.75) is 24.9 Å². The Labute approximate surface area is 169 Å². The van der Waals surface area contributed by atoms with Gasteiger partial charge in [0.15, 0.2) is 5.65 Å². The van der Waals surface area contributed by atoms with Gasteiger partial charge in [0.25, 0.3) is 5.91 Å². The lowest BCUT2D eigenvalue weighted by atomic mass is 9.78. The quantitative estimate of drug-likeness (QED) is 0.671. The second kappa shape index (κ2) is 6.84. The fourth-order valence-electron chi connectivity index (χ4n) is 4.74. The van der Waals surface area contributed by atoms with Gasteiger partial charge in [-0.3, -0.25) is 4.79 Å².